The van der Waals surface area contributed by atoms with Crippen molar-refractivity contribution < 1.29 is 14.1 Å². The standard InChI is InChI=1S/C27H33N3O3/c1-20(2)16-25(31)30(18-22-9-5-4-6-10-22)19-24-26(23-11-7-8-21(3)17-23)28-33-27(24)29-12-14-32-15-13-29/h4-11,17,20H,12-16,18-19H2,1-3H3. The van der Waals surface area contributed by atoms with Gasteiger partial charge in [0.15, 0.2) is 0 Å². The summed E-state index contributed by atoms with van der Waals surface area (Å²) in [5, 5.41) is 4.49. The smallest absolute Gasteiger partial charge is 0.233 e. The van der Waals surface area contributed by atoms with Crippen molar-refractivity contribution in [3.8, 4) is 11.3 Å². The molecule has 1 aliphatic rings. The van der Waals surface area contributed by atoms with Gasteiger partial charge in [-0.15, -0.1) is 0 Å². The van der Waals surface area contributed by atoms with Crippen molar-refractivity contribution >= 4 is 11.8 Å². The van der Waals surface area contributed by atoms with Gasteiger partial charge in [-0.2, -0.15) is 0 Å². The molecule has 0 saturated carbocycles. The van der Waals surface area contributed by atoms with E-state index in [0.29, 0.717) is 32.7 Å². The van der Waals surface area contributed by atoms with Crippen LogP contribution in [0.1, 0.15) is 37.0 Å². The number of anilines is 1. The highest BCUT2D eigenvalue weighted by Gasteiger charge is 2.27. The van der Waals surface area contributed by atoms with E-state index in [1.807, 2.05) is 29.2 Å². The molecule has 6 nitrogen and oxygen atoms in total. The summed E-state index contributed by atoms with van der Waals surface area (Å²) in [7, 11) is 0. The molecule has 1 aromatic heterocycles. The monoisotopic (exact) mass is 447 g/mol. The zero-order valence-electron chi connectivity index (χ0n) is 19.8. The van der Waals surface area contributed by atoms with E-state index in [4.69, 9.17) is 9.26 Å². The van der Waals surface area contributed by atoms with Gasteiger partial charge in [0.1, 0.15) is 5.69 Å². The van der Waals surface area contributed by atoms with E-state index >= 15 is 0 Å². The van der Waals surface area contributed by atoms with Crippen LogP contribution in [0.3, 0.4) is 0 Å². The maximum Gasteiger partial charge on any atom is 0.233 e. The number of benzene rings is 2. The first-order valence-electron chi connectivity index (χ1n) is 11.7. The van der Waals surface area contributed by atoms with Gasteiger partial charge in [0.05, 0.1) is 25.3 Å². The van der Waals surface area contributed by atoms with Crippen LogP contribution < -0.4 is 4.90 Å². The Morgan fingerprint density at radius 2 is 1.82 bits per heavy atom. The van der Waals surface area contributed by atoms with Crippen molar-refractivity contribution in [3.05, 3.63) is 71.3 Å². The van der Waals surface area contributed by atoms with Gasteiger partial charge in [-0.05, 0) is 24.5 Å². The van der Waals surface area contributed by atoms with Crippen molar-refractivity contribution in [2.24, 2.45) is 5.92 Å². The minimum Gasteiger partial charge on any atom is -0.378 e. The Balaban J connectivity index is 1.72. The van der Waals surface area contributed by atoms with Gasteiger partial charge >= 0.3 is 0 Å². The third-order valence-electron chi connectivity index (χ3n) is 5.86. The van der Waals surface area contributed by atoms with Gasteiger partial charge < -0.3 is 19.1 Å². The van der Waals surface area contributed by atoms with Gasteiger partial charge in [-0.3, -0.25) is 4.79 Å². The predicted molar refractivity (Wildman–Crippen MR) is 130 cm³/mol. The molecule has 1 fully saturated rings. The summed E-state index contributed by atoms with van der Waals surface area (Å²) >= 11 is 0. The summed E-state index contributed by atoms with van der Waals surface area (Å²) < 4.78 is 11.5. The highest BCUT2D eigenvalue weighted by Crippen LogP contribution is 2.34. The summed E-state index contributed by atoms with van der Waals surface area (Å²) in [5.41, 5.74) is 5.03. The molecule has 0 aliphatic carbocycles. The first-order valence-corrected chi connectivity index (χ1v) is 11.7. The largest absolute Gasteiger partial charge is 0.378 e. The zero-order chi connectivity index (χ0) is 23.2. The Kier molecular flexibility index (Phi) is 7.45. The van der Waals surface area contributed by atoms with Crippen molar-refractivity contribution in [3.63, 3.8) is 0 Å². The quantitative estimate of drug-likeness (QED) is 0.483. The Hall–Kier alpha value is -3.12. The fraction of sp³-hybridized carbons (Fsp3) is 0.407. The number of hydrogen-bond acceptors (Lipinski definition) is 5. The van der Waals surface area contributed by atoms with Crippen LogP contribution in [0.2, 0.25) is 0 Å². The first-order chi connectivity index (χ1) is 16.0. The summed E-state index contributed by atoms with van der Waals surface area (Å²) in [5.74, 6) is 1.16. The molecule has 0 bridgehead atoms. The van der Waals surface area contributed by atoms with Crippen molar-refractivity contribution in [1.29, 1.82) is 0 Å². The molecular weight excluding hydrogens is 414 g/mol. The molecule has 4 rings (SSSR count). The highest BCUT2D eigenvalue weighted by molar-refractivity contribution is 5.77. The van der Waals surface area contributed by atoms with Gasteiger partial charge in [0.25, 0.3) is 0 Å². The molecular formula is C27H33N3O3. The average Bonchev–Trinajstić information content (AvgIpc) is 3.23. The molecule has 1 amide bonds. The Labute approximate surface area is 196 Å². The second kappa shape index (κ2) is 10.7. The topological polar surface area (TPSA) is 58.8 Å². The number of rotatable bonds is 8. The van der Waals surface area contributed by atoms with E-state index in [9.17, 15) is 4.79 Å². The lowest BCUT2D eigenvalue weighted by molar-refractivity contribution is -0.133. The molecule has 3 aromatic rings. The third kappa shape index (κ3) is 5.82. The van der Waals surface area contributed by atoms with Crippen molar-refractivity contribution in [2.45, 2.75) is 40.3 Å². The Bertz CT molecular complexity index is 1060. The van der Waals surface area contributed by atoms with E-state index in [1.54, 1.807) is 0 Å². The van der Waals surface area contributed by atoms with Gasteiger partial charge in [-0.1, -0.05) is 73.1 Å². The average molecular weight is 448 g/mol. The number of morpholine rings is 1. The van der Waals surface area contributed by atoms with E-state index in [0.717, 1.165) is 46.9 Å². The van der Waals surface area contributed by atoms with E-state index in [-0.39, 0.29) is 11.8 Å². The number of carbonyl (C=O) groups excluding carboxylic acids is 1. The molecule has 174 valence electrons. The number of nitrogens with zero attached hydrogens (tertiary/aromatic N) is 3. The van der Waals surface area contributed by atoms with Crippen LogP contribution in [0.15, 0.2) is 59.1 Å². The van der Waals surface area contributed by atoms with Crippen LogP contribution in [-0.4, -0.2) is 42.3 Å². The molecule has 33 heavy (non-hydrogen) atoms. The molecule has 1 saturated heterocycles. The van der Waals surface area contributed by atoms with Crippen LogP contribution in [0.25, 0.3) is 11.3 Å². The minimum absolute atomic E-state index is 0.137. The Morgan fingerprint density at radius 3 is 2.52 bits per heavy atom. The molecule has 6 heteroatoms. The van der Waals surface area contributed by atoms with E-state index in [1.165, 1.54) is 0 Å². The number of amides is 1. The van der Waals surface area contributed by atoms with Crippen LogP contribution >= 0.6 is 0 Å². The lowest BCUT2D eigenvalue weighted by atomic mass is 10.0. The van der Waals surface area contributed by atoms with Crippen molar-refractivity contribution in [1.82, 2.24) is 10.1 Å². The van der Waals surface area contributed by atoms with Crippen LogP contribution in [0.5, 0.6) is 0 Å². The molecule has 1 aliphatic heterocycles. The molecule has 0 N–H and O–H groups in total. The van der Waals surface area contributed by atoms with Crippen molar-refractivity contribution in [2.75, 3.05) is 31.2 Å². The number of carbonyl (C=O) groups is 1. The molecule has 2 heterocycles. The van der Waals surface area contributed by atoms with Gasteiger partial charge in [-0.25, -0.2) is 0 Å². The molecule has 0 unspecified atom stereocenters. The van der Waals surface area contributed by atoms with Gasteiger partial charge in [0, 0.05) is 31.6 Å². The van der Waals surface area contributed by atoms with E-state index < -0.39 is 0 Å². The number of ether oxygens (including phenoxy) is 1. The second-order valence-corrected chi connectivity index (χ2v) is 9.12. The predicted octanol–water partition coefficient (Wildman–Crippen LogP) is 5.06. The van der Waals surface area contributed by atoms with Gasteiger partial charge in [0.2, 0.25) is 11.8 Å². The summed E-state index contributed by atoms with van der Waals surface area (Å²) in [6.45, 7) is 10.0. The molecule has 0 radical (unpaired) electrons. The number of aryl methyl sites for hydroxylation is 1. The SMILES string of the molecule is Cc1cccc(-c2noc(N3CCOCC3)c2CN(Cc2ccccc2)C(=O)CC(C)C)c1. The fourth-order valence-electron chi connectivity index (χ4n) is 4.18. The molecule has 2 aromatic carbocycles. The van der Waals surface area contributed by atoms with Crippen LogP contribution in [0, 0.1) is 12.8 Å². The summed E-state index contributed by atoms with van der Waals surface area (Å²) in [6, 6.07) is 18.4. The normalized spacial score (nSPS) is 14.0. The lowest BCUT2D eigenvalue weighted by Gasteiger charge is -2.29. The summed E-state index contributed by atoms with van der Waals surface area (Å²) in [6.07, 6.45) is 0.505. The highest BCUT2D eigenvalue weighted by atomic mass is 16.5. The maximum absolute atomic E-state index is 13.3. The zero-order valence-corrected chi connectivity index (χ0v) is 19.8. The number of aromatic nitrogens is 1. The van der Waals surface area contributed by atoms with Crippen LogP contribution in [-0.2, 0) is 22.6 Å². The lowest BCUT2D eigenvalue weighted by Crippen LogP contribution is -2.37. The Morgan fingerprint density at radius 1 is 1.06 bits per heavy atom. The second-order valence-electron chi connectivity index (χ2n) is 9.12. The summed E-state index contributed by atoms with van der Waals surface area (Å²) in [4.78, 5) is 17.4. The first kappa shape index (κ1) is 23.1. The maximum atomic E-state index is 13.3. The minimum atomic E-state index is 0.137. The fourth-order valence-corrected chi connectivity index (χ4v) is 4.18. The van der Waals surface area contributed by atoms with E-state index in [2.05, 4.69) is 61.2 Å². The third-order valence-corrected chi connectivity index (χ3v) is 5.86. The number of hydrogen-bond donors (Lipinski definition) is 0. The van der Waals surface area contributed by atoms with Crippen LogP contribution in [0.4, 0.5) is 5.88 Å². The molecule has 0 atom stereocenters. The molecule has 0 spiro atoms.